The molecule has 2 aromatic heterocycles. The molecule has 178 valence electrons. The van der Waals surface area contributed by atoms with Crippen molar-refractivity contribution in [2.45, 2.75) is 31.6 Å². The van der Waals surface area contributed by atoms with Gasteiger partial charge in [-0.2, -0.15) is 9.40 Å². The van der Waals surface area contributed by atoms with Crippen LogP contribution in [0.5, 0.6) is 5.75 Å². The lowest BCUT2D eigenvalue weighted by Gasteiger charge is -2.31. The minimum absolute atomic E-state index is 0.175. The van der Waals surface area contributed by atoms with Crippen molar-refractivity contribution in [3.63, 3.8) is 0 Å². The van der Waals surface area contributed by atoms with Gasteiger partial charge in [0.2, 0.25) is 15.5 Å². The first-order valence-electron chi connectivity index (χ1n) is 11.3. The van der Waals surface area contributed by atoms with Crippen molar-refractivity contribution < 1.29 is 13.2 Å². The average molecular weight is 474 g/mol. The SMILES string of the molecule is CCCc1nn(C)c2c(=O)cc(-c3cc(S(=O)(=O)N4CCN(C)CC4)ccc3OCC)[nH]c12. The van der Waals surface area contributed by atoms with Gasteiger partial charge < -0.3 is 14.6 Å². The molecule has 33 heavy (non-hydrogen) atoms. The van der Waals surface area contributed by atoms with E-state index in [1.807, 2.05) is 14.0 Å². The molecule has 0 unspecified atom stereocenters. The molecule has 3 heterocycles. The van der Waals surface area contributed by atoms with Crippen LogP contribution in [-0.4, -0.2) is 72.2 Å². The largest absolute Gasteiger partial charge is 0.493 e. The van der Waals surface area contributed by atoms with Gasteiger partial charge in [0.1, 0.15) is 11.3 Å². The number of sulfonamides is 1. The first-order chi connectivity index (χ1) is 15.8. The maximum absolute atomic E-state index is 13.3. The highest BCUT2D eigenvalue weighted by Gasteiger charge is 2.28. The minimum Gasteiger partial charge on any atom is -0.493 e. The Morgan fingerprint density at radius 1 is 1.09 bits per heavy atom. The molecule has 10 heteroatoms. The summed E-state index contributed by atoms with van der Waals surface area (Å²) in [5.74, 6) is 0.519. The van der Waals surface area contributed by atoms with Crippen LogP contribution in [0.3, 0.4) is 0 Å². The fourth-order valence-corrected chi connectivity index (χ4v) is 5.71. The summed E-state index contributed by atoms with van der Waals surface area (Å²) in [6, 6.07) is 6.33. The van der Waals surface area contributed by atoms with E-state index in [0.29, 0.717) is 60.8 Å². The van der Waals surface area contributed by atoms with Crippen molar-refractivity contribution in [1.29, 1.82) is 0 Å². The predicted molar refractivity (Wildman–Crippen MR) is 128 cm³/mol. The molecule has 1 aliphatic heterocycles. The molecule has 0 aliphatic carbocycles. The summed E-state index contributed by atoms with van der Waals surface area (Å²) in [5.41, 5.74) is 2.87. The van der Waals surface area contributed by atoms with Crippen LogP contribution in [0.25, 0.3) is 22.3 Å². The van der Waals surface area contributed by atoms with Crippen LogP contribution >= 0.6 is 0 Å². The molecule has 9 nitrogen and oxygen atoms in total. The van der Waals surface area contributed by atoms with Crippen LogP contribution in [0.15, 0.2) is 34.0 Å². The Kier molecular flexibility index (Phi) is 6.60. The smallest absolute Gasteiger partial charge is 0.243 e. The van der Waals surface area contributed by atoms with Crippen molar-refractivity contribution in [2.75, 3.05) is 39.8 Å². The van der Waals surface area contributed by atoms with E-state index in [0.717, 1.165) is 18.5 Å². The number of benzene rings is 1. The molecule has 0 radical (unpaired) electrons. The number of pyridine rings is 1. The van der Waals surface area contributed by atoms with Gasteiger partial charge in [-0.05, 0) is 38.6 Å². The molecule has 0 spiro atoms. The van der Waals surface area contributed by atoms with E-state index in [1.54, 1.807) is 29.9 Å². The number of ether oxygens (including phenoxy) is 1. The number of aromatic nitrogens is 3. The predicted octanol–water partition coefficient (Wildman–Crippen LogP) is 2.22. The quantitative estimate of drug-likeness (QED) is 0.565. The fraction of sp³-hybridized carbons (Fsp3) is 0.478. The summed E-state index contributed by atoms with van der Waals surface area (Å²) in [6.45, 7) is 6.61. The van der Waals surface area contributed by atoms with Gasteiger partial charge in [0, 0.05) is 44.9 Å². The Morgan fingerprint density at radius 3 is 2.48 bits per heavy atom. The second kappa shape index (κ2) is 9.28. The number of aryl methyl sites for hydroxylation is 2. The van der Waals surface area contributed by atoms with Gasteiger partial charge in [0.25, 0.3) is 0 Å². The van der Waals surface area contributed by atoms with E-state index in [1.165, 1.54) is 10.4 Å². The number of fused-ring (bicyclic) bond motifs is 1. The molecule has 0 atom stereocenters. The van der Waals surface area contributed by atoms with Crippen molar-refractivity contribution in [2.24, 2.45) is 7.05 Å². The maximum Gasteiger partial charge on any atom is 0.243 e. The zero-order valence-electron chi connectivity index (χ0n) is 19.6. The maximum atomic E-state index is 13.3. The van der Waals surface area contributed by atoms with E-state index in [4.69, 9.17) is 4.74 Å². The number of likely N-dealkylation sites (N-methyl/N-ethyl adjacent to an activating group) is 1. The summed E-state index contributed by atoms with van der Waals surface area (Å²) < 4.78 is 35.6. The van der Waals surface area contributed by atoms with Gasteiger partial charge in [0.15, 0.2) is 0 Å². The van der Waals surface area contributed by atoms with Crippen LogP contribution in [-0.2, 0) is 23.5 Å². The standard InChI is InChI=1S/C23H31N5O4S/c1-5-7-18-22-23(27(4)25-18)20(29)15-19(24-22)17-14-16(8-9-21(17)32-6-2)33(30,31)28-12-10-26(3)11-13-28/h8-9,14-15H,5-7,10-13H2,1-4H3,(H,24,29). The Bertz CT molecular complexity index is 1320. The Labute approximate surface area is 194 Å². The number of rotatable bonds is 7. The van der Waals surface area contributed by atoms with Crippen molar-refractivity contribution in [3.8, 4) is 17.0 Å². The van der Waals surface area contributed by atoms with Gasteiger partial charge in [-0.25, -0.2) is 8.42 Å². The molecular weight excluding hydrogens is 442 g/mol. The zero-order valence-corrected chi connectivity index (χ0v) is 20.4. The van der Waals surface area contributed by atoms with E-state index in [9.17, 15) is 13.2 Å². The average Bonchev–Trinajstić information content (AvgIpc) is 3.10. The lowest BCUT2D eigenvalue weighted by Crippen LogP contribution is -2.47. The summed E-state index contributed by atoms with van der Waals surface area (Å²) in [4.78, 5) is 18.6. The second-order valence-corrected chi connectivity index (χ2v) is 10.3. The molecule has 1 N–H and O–H groups in total. The molecule has 1 aromatic carbocycles. The highest BCUT2D eigenvalue weighted by molar-refractivity contribution is 7.89. The zero-order chi connectivity index (χ0) is 23.8. The van der Waals surface area contributed by atoms with Crippen molar-refractivity contribution in [3.05, 3.63) is 40.2 Å². The van der Waals surface area contributed by atoms with Gasteiger partial charge >= 0.3 is 0 Å². The van der Waals surface area contributed by atoms with Crippen LogP contribution < -0.4 is 10.2 Å². The first-order valence-corrected chi connectivity index (χ1v) is 12.7. The molecule has 0 bridgehead atoms. The van der Waals surface area contributed by atoms with Crippen LogP contribution in [0.2, 0.25) is 0 Å². The number of piperazine rings is 1. The fourth-order valence-electron chi connectivity index (χ4n) is 4.26. The molecular formula is C23H31N5O4S. The molecule has 3 aromatic rings. The van der Waals surface area contributed by atoms with Crippen LogP contribution in [0.1, 0.15) is 26.0 Å². The lowest BCUT2D eigenvalue weighted by atomic mass is 10.1. The topological polar surface area (TPSA) is 101 Å². The monoisotopic (exact) mass is 473 g/mol. The normalized spacial score (nSPS) is 15.9. The van der Waals surface area contributed by atoms with E-state index >= 15 is 0 Å². The van der Waals surface area contributed by atoms with Crippen molar-refractivity contribution in [1.82, 2.24) is 24.0 Å². The third kappa shape index (κ3) is 4.42. The molecule has 0 saturated carbocycles. The number of nitrogens with one attached hydrogen (secondary N) is 1. The Morgan fingerprint density at radius 2 is 1.82 bits per heavy atom. The van der Waals surface area contributed by atoms with Crippen LogP contribution in [0, 0.1) is 0 Å². The van der Waals surface area contributed by atoms with Gasteiger partial charge in [-0.1, -0.05) is 13.3 Å². The molecule has 1 saturated heterocycles. The number of hydrogen-bond acceptors (Lipinski definition) is 6. The highest BCUT2D eigenvalue weighted by atomic mass is 32.2. The molecule has 1 fully saturated rings. The van der Waals surface area contributed by atoms with E-state index in [2.05, 4.69) is 21.9 Å². The Hall–Kier alpha value is -2.69. The molecule has 1 aliphatic rings. The van der Waals surface area contributed by atoms with E-state index in [-0.39, 0.29) is 10.3 Å². The lowest BCUT2D eigenvalue weighted by molar-refractivity contribution is 0.222. The van der Waals surface area contributed by atoms with Gasteiger partial charge in [-0.3, -0.25) is 9.48 Å². The summed E-state index contributed by atoms with van der Waals surface area (Å²) in [7, 11) is 0.0677. The molecule has 0 amide bonds. The third-order valence-corrected chi connectivity index (χ3v) is 7.91. The third-order valence-electron chi connectivity index (χ3n) is 6.02. The number of hydrogen-bond donors (Lipinski definition) is 1. The number of H-pyrrole nitrogens is 1. The number of aromatic amines is 1. The van der Waals surface area contributed by atoms with Crippen molar-refractivity contribution >= 4 is 21.1 Å². The van der Waals surface area contributed by atoms with Gasteiger partial charge in [0.05, 0.1) is 28.4 Å². The summed E-state index contributed by atoms with van der Waals surface area (Å²) in [6.07, 6.45) is 1.62. The Balaban J connectivity index is 1.85. The summed E-state index contributed by atoms with van der Waals surface area (Å²) in [5, 5.41) is 4.51. The minimum atomic E-state index is -3.67. The molecule has 4 rings (SSSR count). The summed E-state index contributed by atoms with van der Waals surface area (Å²) >= 11 is 0. The van der Waals surface area contributed by atoms with E-state index < -0.39 is 10.0 Å². The number of nitrogens with zero attached hydrogens (tertiary/aromatic N) is 4. The second-order valence-electron chi connectivity index (χ2n) is 8.39. The highest BCUT2D eigenvalue weighted by Crippen LogP contribution is 2.33. The first kappa shape index (κ1) is 23.5. The van der Waals surface area contributed by atoms with Gasteiger partial charge in [-0.15, -0.1) is 0 Å². The van der Waals surface area contributed by atoms with Crippen LogP contribution in [0.4, 0.5) is 0 Å².